The minimum absolute atomic E-state index is 0.214. The summed E-state index contributed by atoms with van der Waals surface area (Å²) >= 11 is 1.50. The maximum Gasteiger partial charge on any atom is 0.313 e. The van der Waals surface area contributed by atoms with Gasteiger partial charge in [-0.3, -0.25) is 9.59 Å². The number of aliphatic hydroxyl groups excluding tert-OH is 1. The van der Waals surface area contributed by atoms with E-state index in [9.17, 15) is 14.7 Å². The molecule has 0 aliphatic rings. The van der Waals surface area contributed by atoms with E-state index in [1.807, 2.05) is 16.8 Å². The lowest BCUT2D eigenvalue weighted by molar-refractivity contribution is -0.136. The summed E-state index contributed by atoms with van der Waals surface area (Å²) in [5, 5.41) is 18.6. The summed E-state index contributed by atoms with van der Waals surface area (Å²) in [7, 11) is 1.55. The van der Waals surface area contributed by atoms with Crippen LogP contribution in [0.1, 0.15) is 18.1 Å². The third kappa shape index (κ3) is 5.08. The highest BCUT2D eigenvalue weighted by atomic mass is 32.1. The molecule has 1 atom stereocenters. The number of carbonyl (C=O) groups is 2. The van der Waals surface area contributed by atoms with Crippen molar-refractivity contribution < 1.29 is 19.4 Å². The molecular weight excluding hydrogens is 316 g/mol. The number of hydrogen-bond donors (Lipinski definition) is 3. The van der Waals surface area contributed by atoms with Crippen LogP contribution in [0.25, 0.3) is 0 Å². The van der Waals surface area contributed by atoms with Crippen molar-refractivity contribution in [3.05, 3.63) is 46.7 Å². The fourth-order valence-electron chi connectivity index (χ4n) is 1.90. The van der Waals surface area contributed by atoms with Crippen LogP contribution >= 0.6 is 11.3 Å². The van der Waals surface area contributed by atoms with Gasteiger partial charge in [0.15, 0.2) is 0 Å². The predicted molar refractivity (Wildman–Crippen MR) is 88.5 cm³/mol. The normalized spacial score (nSPS) is 11.6. The summed E-state index contributed by atoms with van der Waals surface area (Å²) in [4.78, 5) is 23.5. The molecule has 7 heteroatoms. The van der Waals surface area contributed by atoms with Crippen molar-refractivity contribution in [1.29, 1.82) is 0 Å². The zero-order chi connectivity index (χ0) is 16.7. The van der Waals surface area contributed by atoms with Crippen LogP contribution in [0.15, 0.2) is 41.1 Å². The number of ether oxygens (including phenoxy) is 1. The summed E-state index contributed by atoms with van der Waals surface area (Å²) in [5.41, 5.74) is 1.32. The molecule has 23 heavy (non-hydrogen) atoms. The minimum Gasteiger partial charge on any atom is -0.497 e. The average molecular weight is 334 g/mol. The minimum atomic E-state index is -0.750. The number of aliphatic hydroxyl groups is 1. The Labute approximate surface area is 138 Å². The van der Waals surface area contributed by atoms with E-state index in [-0.39, 0.29) is 6.54 Å². The van der Waals surface area contributed by atoms with Gasteiger partial charge in [-0.05, 0) is 53.1 Å². The Morgan fingerprint density at radius 3 is 2.57 bits per heavy atom. The molecule has 0 aliphatic carbocycles. The molecule has 2 aromatic rings. The highest BCUT2D eigenvalue weighted by Gasteiger charge is 2.14. The van der Waals surface area contributed by atoms with Gasteiger partial charge in [0.1, 0.15) is 5.75 Å². The van der Waals surface area contributed by atoms with E-state index in [1.165, 1.54) is 11.3 Å². The topological polar surface area (TPSA) is 87.7 Å². The number of carbonyl (C=O) groups excluding carboxylic acids is 2. The van der Waals surface area contributed by atoms with E-state index >= 15 is 0 Å². The molecule has 2 amide bonds. The third-order valence-corrected chi connectivity index (χ3v) is 3.89. The number of hydrogen-bond acceptors (Lipinski definition) is 5. The smallest absolute Gasteiger partial charge is 0.313 e. The molecule has 0 saturated carbocycles. The van der Waals surface area contributed by atoms with Gasteiger partial charge in [-0.1, -0.05) is 0 Å². The van der Waals surface area contributed by atoms with Gasteiger partial charge in [0.05, 0.1) is 13.2 Å². The molecule has 122 valence electrons. The highest BCUT2D eigenvalue weighted by molar-refractivity contribution is 7.07. The molecule has 0 radical (unpaired) electrons. The van der Waals surface area contributed by atoms with Crippen molar-refractivity contribution in [2.45, 2.75) is 12.5 Å². The molecule has 2 rings (SSSR count). The largest absolute Gasteiger partial charge is 0.497 e. The second kappa shape index (κ2) is 8.30. The Balaban J connectivity index is 1.75. The van der Waals surface area contributed by atoms with Crippen LogP contribution in [0.5, 0.6) is 5.75 Å². The van der Waals surface area contributed by atoms with Gasteiger partial charge in [0.2, 0.25) is 0 Å². The molecule has 1 aromatic heterocycles. The predicted octanol–water partition coefficient (Wildman–Crippen LogP) is 1.94. The Morgan fingerprint density at radius 1 is 1.22 bits per heavy atom. The Hall–Kier alpha value is -2.38. The van der Waals surface area contributed by atoms with Gasteiger partial charge in [0.25, 0.3) is 0 Å². The molecule has 0 saturated heterocycles. The molecule has 1 aromatic carbocycles. The number of nitrogens with one attached hydrogen (secondary N) is 2. The summed E-state index contributed by atoms with van der Waals surface area (Å²) in [6.45, 7) is 0.214. The van der Waals surface area contributed by atoms with Gasteiger partial charge >= 0.3 is 11.8 Å². The average Bonchev–Trinajstić information content (AvgIpc) is 3.10. The molecule has 1 unspecified atom stereocenters. The molecule has 6 nitrogen and oxygen atoms in total. The zero-order valence-electron chi connectivity index (χ0n) is 12.6. The van der Waals surface area contributed by atoms with Crippen LogP contribution in [0.3, 0.4) is 0 Å². The van der Waals surface area contributed by atoms with Gasteiger partial charge in [-0.2, -0.15) is 11.3 Å². The molecule has 0 spiro atoms. The second-order valence-corrected chi connectivity index (χ2v) is 5.58. The lowest BCUT2D eigenvalue weighted by Gasteiger charge is -2.10. The number of amides is 2. The summed E-state index contributed by atoms with van der Waals surface area (Å²) < 4.78 is 5.01. The van der Waals surface area contributed by atoms with Crippen LogP contribution in [0, 0.1) is 0 Å². The zero-order valence-corrected chi connectivity index (χ0v) is 13.4. The van der Waals surface area contributed by atoms with Gasteiger partial charge in [-0.25, -0.2) is 0 Å². The van der Waals surface area contributed by atoms with Crippen LogP contribution in [-0.4, -0.2) is 30.6 Å². The second-order valence-electron chi connectivity index (χ2n) is 4.80. The molecule has 0 aliphatic heterocycles. The SMILES string of the molecule is COc1ccc(NC(=O)C(=O)NCCC(O)c2ccsc2)cc1. The van der Waals surface area contributed by atoms with E-state index in [0.29, 0.717) is 17.9 Å². The number of benzene rings is 1. The summed E-state index contributed by atoms with van der Waals surface area (Å²) in [6, 6.07) is 8.48. The number of anilines is 1. The first kappa shape index (κ1) is 17.0. The van der Waals surface area contributed by atoms with Crippen LogP contribution in [-0.2, 0) is 9.59 Å². The van der Waals surface area contributed by atoms with Crippen LogP contribution < -0.4 is 15.4 Å². The summed E-state index contributed by atoms with van der Waals surface area (Å²) in [6.07, 6.45) is -0.302. The van der Waals surface area contributed by atoms with E-state index in [2.05, 4.69) is 10.6 Å². The number of thiophene rings is 1. The van der Waals surface area contributed by atoms with Gasteiger partial charge in [-0.15, -0.1) is 0 Å². The maximum atomic E-state index is 11.8. The van der Waals surface area contributed by atoms with Crippen molar-refractivity contribution in [3.63, 3.8) is 0 Å². The monoisotopic (exact) mass is 334 g/mol. The van der Waals surface area contributed by atoms with Crippen LogP contribution in [0.4, 0.5) is 5.69 Å². The van der Waals surface area contributed by atoms with E-state index in [0.717, 1.165) is 5.56 Å². The molecule has 1 heterocycles. The lowest BCUT2D eigenvalue weighted by Crippen LogP contribution is -2.36. The fourth-order valence-corrected chi connectivity index (χ4v) is 2.60. The van der Waals surface area contributed by atoms with E-state index in [4.69, 9.17) is 4.74 Å². The number of methoxy groups -OCH3 is 1. The first-order valence-electron chi connectivity index (χ1n) is 7.03. The van der Waals surface area contributed by atoms with Crippen LogP contribution in [0.2, 0.25) is 0 Å². The van der Waals surface area contributed by atoms with Crippen molar-refractivity contribution in [1.82, 2.24) is 5.32 Å². The van der Waals surface area contributed by atoms with E-state index < -0.39 is 17.9 Å². The van der Waals surface area contributed by atoms with Gasteiger partial charge < -0.3 is 20.5 Å². The molecular formula is C16H18N2O4S. The fraction of sp³-hybridized carbons (Fsp3) is 0.250. The number of rotatable bonds is 6. The van der Waals surface area contributed by atoms with Crippen molar-refractivity contribution in [2.24, 2.45) is 0 Å². The maximum absolute atomic E-state index is 11.8. The first-order chi connectivity index (χ1) is 11.1. The summed E-state index contributed by atoms with van der Waals surface area (Å²) in [5.74, 6) is -0.826. The Morgan fingerprint density at radius 2 is 1.96 bits per heavy atom. The Bertz CT molecular complexity index is 641. The molecule has 3 N–H and O–H groups in total. The first-order valence-corrected chi connectivity index (χ1v) is 7.98. The van der Waals surface area contributed by atoms with Crippen molar-refractivity contribution in [2.75, 3.05) is 19.0 Å². The van der Waals surface area contributed by atoms with Crippen molar-refractivity contribution >= 4 is 28.8 Å². The molecule has 0 fully saturated rings. The lowest BCUT2D eigenvalue weighted by atomic mass is 10.1. The Kier molecular flexibility index (Phi) is 6.13. The van der Waals surface area contributed by atoms with Crippen molar-refractivity contribution in [3.8, 4) is 5.75 Å². The highest BCUT2D eigenvalue weighted by Crippen LogP contribution is 2.18. The van der Waals surface area contributed by atoms with Gasteiger partial charge in [0, 0.05) is 12.2 Å². The quantitative estimate of drug-likeness (QED) is 0.705. The standard InChI is InChI=1S/C16H18N2O4S/c1-22-13-4-2-12(3-5-13)18-16(21)15(20)17-8-6-14(19)11-7-9-23-10-11/h2-5,7,9-10,14,19H,6,8H2,1H3,(H,17,20)(H,18,21). The van der Waals surface area contributed by atoms with E-state index in [1.54, 1.807) is 31.4 Å². The molecule has 0 bridgehead atoms. The third-order valence-electron chi connectivity index (χ3n) is 3.19.